The molecule has 0 unspecified atom stereocenters. The number of hydrogen-bond donors (Lipinski definition) is 0. The summed E-state index contributed by atoms with van der Waals surface area (Å²) < 4.78 is 7.43. The van der Waals surface area contributed by atoms with Gasteiger partial charge in [0.15, 0.2) is 5.69 Å². The van der Waals surface area contributed by atoms with Gasteiger partial charge in [-0.15, -0.1) is 11.7 Å². The molecule has 0 aliphatic carbocycles. The quantitative estimate of drug-likeness (QED) is 0.782. The zero-order chi connectivity index (χ0) is 14.5. The molecule has 0 atom stereocenters. The summed E-state index contributed by atoms with van der Waals surface area (Å²) in [5.74, 6) is 0.806. The second-order valence-electron chi connectivity index (χ2n) is 4.45. The summed E-state index contributed by atoms with van der Waals surface area (Å²) in [4.78, 5) is 0. The summed E-state index contributed by atoms with van der Waals surface area (Å²) in [6.45, 7) is 8.47. The first-order chi connectivity index (χ1) is 9.67. The predicted molar refractivity (Wildman–Crippen MR) is 75.2 cm³/mol. The van der Waals surface area contributed by atoms with E-state index in [0.29, 0.717) is 12.2 Å². The Balaban J connectivity index is 2.22. The van der Waals surface area contributed by atoms with Crippen LogP contribution in [0.25, 0.3) is 0 Å². The lowest BCUT2D eigenvalue weighted by Gasteiger charge is -2.11. The highest BCUT2D eigenvalue weighted by Gasteiger charge is 2.13. The SMILES string of the molecule is C=CCn1nnc(C#N)c1COc1cccc(C)c1C. The monoisotopic (exact) mass is 268 g/mol. The lowest BCUT2D eigenvalue weighted by molar-refractivity contribution is 0.291. The maximum absolute atomic E-state index is 9.05. The van der Waals surface area contributed by atoms with Gasteiger partial charge in [-0.25, -0.2) is 4.68 Å². The first-order valence-electron chi connectivity index (χ1n) is 6.29. The van der Waals surface area contributed by atoms with Crippen LogP contribution in [0.1, 0.15) is 22.5 Å². The van der Waals surface area contributed by atoms with Gasteiger partial charge in [0.1, 0.15) is 24.1 Å². The Bertz CT molecular complexity index is 667. The molecular weight excluding hydrogens is 252 g/mol. The van der Waals surface area contributed by atoms with E-state index in [1.54, 1.807) is 10.8 Å². The van der Waals surface area contributed by atoms with Crippen molar-refractivity contribution in [3.63, 3.8) is 0 Å². The molecule has 0 N–H and O–H groups in total. The van der Waals surface area contributed by atoms with Crippen molar-refractivity contribution in [3.05, 3.63) is 53.4 Å². The molecule has 2 aromatic rings. The number of aromatic nitrogens is 3. The number of rotatable bonds is 5. The number of nitrogens with zero attached hydrogens (tertiary/aromatic N) is 4. The number of hydrogen-bond acceptors (Lipinski definition) is 4. The third kappa shape index (κ3) is 2.69. The standard InChI is InChI=1S/C15H16N4O/c1-4-8-19-14(13(9-16)17-18-19)10-20-15-7-5-6-11(2)12(15)3/h4-7H,1,8,10H2,2-3H3. The Kier molecular flexibility index (Phi) is 4.16. The maximum Gasteiger partial charge on any atom is 0.189 e. The zero-order valence-corrected chi connectivity index (χ0v) is 11.6. The first kappa shape index (κ1) is 13.8. The molecule has 5 heteroatoms. The van der Waals surface area contributed by atoms with E-state index in [4.69, 9.17) is 10.00 Å². The Morgan fingerprint density at radius 1 is 1.45 bits per heavy atom. The molecule has 1 aromatic carbocycles. The van der Waals surface area contributed by atoms with Crippen molar-refractivity contribution in [2.45, 2.75) is 27.0 Å². The van der Waals surface area contributed by atoms with Crippen LogP contribution in [0.15, 0.2) is 30.9 Å². The van der Waals surface area contributed by atoms with Gasteiger partial charge in [0.25, 0.3) is 0 Å². The van der Waals surface area contributed by atoms with Crippen molar-refractivity contribution < 1.29 is 4.74 Å². The molecule has 0 amide bonds. The molecule has 0 saturated heterocycles. The van der Waals surface area contributed by atoms with Crippen LogP contribution in [0.5, 0.6) is 5.75 Å². The highest BCUT2D eigenvalue weighted by atomic mass is 16.5. The van der Waals surface area contributed by atoms with Crippen LogP contribution in [0.2, 0.25) is 0 Å². The lowest BCUT2D eigenvalue weighted by atomic mass is 10.1. The van der Waals surface area contributed by atoms with Crippen LogP contribution in [-0.4, -0.2) is 15.0 Å². The van der Waals surface area contributed by atoms with Gasteiger partial charge in [-0.3, -0.25) is 0 Å². The van der Waals surface area contributed by atoms with Crippen molar-refractivity contribution in [2.24, 2.45) is 0 Å². The van der Waals surface area contributed by atoms with E-state index >= 15 is 0 Å². The normalized spacial score (nSPS) is 10.1. The van der Waals surface area contributed by atoms with Crippen molar-refractivity contribution >= 4 is 0 Å². The molecule has 0 aliphatic rings. The Labute approximate surface area is 118 Å². The van der Waals surface area contributed by atoms with E-state index < -0.39 is 0 Å². The minimum absolute atomic E-state index is 0.258. The van der Waals surface area contributed by atoms with E-state index in [1.807, 2.05) is 38.1 Å². The van der Waals surface area contributed by atoms with Crippen molar-refractivity contribution in [3.8, 4) is 11.8 Å². The molecule has 1 aromatic heterocycles. The van der Waals surface area contributed by atoms with Crippen LogP contribution >= 0.6 is 0 Å². The van der Waals surface area contributed by atoms with Crippen LogP contribution in [0, 0.1) is 25.2 Å². The van der Waals surface area contributed by atoms with E-state index in [9.17, 15) is 0 Å². The van der Waals surface area contributed by atoms with E-state index in [1.165, 1.54) is 5.56 Å². The highest BCUT2D eigenvalue weighted by molar-refractivity contribution is 5.38. The fraction of sp³-hybridized carbons (Fsp3) is 0.267. The highest BCUT2D eigenvalue weighted by Crippen LogP contribution is 2.22. The molecule has 20 heavy (non-hydrogen) atoms. The van der Waals surface area contributed by atoms with Gasteiger partial charge in [0.2, 0.25) is 0 Å². The first-order valence-corrected chi connectivity index (χ1v) is 6.29. The molecule has 2 rings (SSSR count). The topological polar surface area (TPSA) is 63.7 Å². The van der Waals surface area contributed by atoms with Crippen LogP contribution in [-0.2, 0) is 13.2 Å². The average molecular weight is 268 g/mol. The summed E-state index contributed by atoms with van der Waals surface area (Å²) in [5, 5.41) is 16.8. The van der Waals surface area contributed by atoms with Gasteiger partial charge in [0, 0.05) is 0 Å². The molecular formula is C15H16N4O. The Hall–Kier alpha value is -2.61. The molecule has 0 bridgehead atoms. The lowest BCUT2D eigenvalue weighted by Crippen LogP contribution is -2.08. The molecule has 5 nitrogen and oxygen atoms in total. The second kappa shape index (κ2) is 6.02. The third-order valence-corrected chi connectivity index (χ3v) is 3.16. The largest absolute Gasteiger partial charge is 0.487 e. The molecule has 0 radical (unpaired) electrons. The Morgan fingerprint density at radius 2 is 2.25 bits per heavy atom. The van der Waals surface area contributed by atoms with Crippen LogP contribution < -0.4 is 4.74 Å². The maximum atomic E-state index is 9.05. The van der Waals surface area contributed by atoms with Crippen LogP contribution in [0.4, 0.5) is 0 Å². The minimum atomic E-state index is 0.258. The van der Waals surface area contributed by atoms with Gasteiger partial charge in [0.05, 0.1) is 6.54 Å². The molecule has 102 valence electrons. The average Bonchev–Trinajstić information content (AvgIpc) is 2.83. The molecule has 1 heterocycles. The van der Waals surface area contributed by atoms with Crippen molar-refractivity contribution in [1.29, 1.82) is 5.26 Å². The van der Waals surface area contributed by atoms with Gasteiger partial charge in [-0.1, -0.05) is 23.4 Å². The summed E-state index contributed by atoms with van der Waals surface area (Å²) in [6.07, 6.45) is 1.71. The summed E-state index contributed by atoms with van der Waals surface area (Å²) in [7, 11) is 0. The molecule has 0 spiro atoms. The third-order valence-electron chi connectivity index (χ3n) is 3.16. The van der Waals surface area contributed by atoms with E-state index in [2.05, 4.69) is 16.9 Å². The molecule has 0 fully saturated rings. The van der Waals surface area contributed by atoms with Gasteiger partial charge in [-0.05, 0) is 31.0 Å². The summed E-state index contributed by atoms with van der Waals surface area (Å²) >= 11 is 0. The number of allylic oxidation sites excluding steroid dienone is 1. The van der Waals surface area contributed by atoms with Crippen molar-refractivity contribution in [2.75, 3.05) is 0 Å². The zero-order valence-electron chi connectivity index (χ0n) is 11.6. The summed E-state index contributed by atoms with van der Waals surface area (Å²) in [5.41, 5.74) is 3.21. The number of aryl methyl sites for hydroxylation is 1. The van der Waals surface area contributed by atoms with Crippen LogP contribution in [0.3, 0.4) is 0 Å². The Morgan fingerprint density at radius 3 is 2.95 bits per heavy atom. The minimum Gasteiger partial charge on any atom is -0.487 e. The van der Waals surface area contributed by atoms with E-state index in [0.717, 1.165) is 11.3 Å². The predicted octanol–water partition coefficient (Wildman–Crippen LogP) is 2.53. The number of benzene rings is 1. The molecule has 0 aliphatic heterocycles. The second-order valence-corrected chi connectivity index (χ2v) is 4.45. The number of ether oxygens (including phenoxy) is 1. The van der Waals surface area contributed by atoms with E-state index in [-0.39, 0.29) is 12.3 Å². The fourth-order valence-corrected chi connectivity index (χ4v) is 1.86. The van der Waals surface area contributed by atoms with Gasteiger partial charge < -0.3 is 4.74 Å². The van der Waals surface area contributed by atoms with Gasteiger partial charge >= 0.3 is 0 Å². The number of nitriles is 1. The smallest absolute Gasteiger partial charge is 0.189 e. The fourth-order valence-electron chi connectivity index (χ4n) is 1.86. The summed E-state index contributed by atoms with van der Waals surface area (Å²) in [6, 6.07) is 7.92. The van der Waals surface area contributed by atoms with Crippen molar-refractivity contribution in [1.82, 2.24) is 15.0 Å². The van der Waals surface area contributed by atoms with Gasteiger partial charge in [-0.2, -0.15) is 5.26 Å². The molecule has 0 saturated carbocycles.